The quantitative estimate of drug-likeness (QED) is 0.632. The number of nitrogens with one attached hydrogen (secondary N) is 1. The molecule has 2 aromatic heterocycles. The Hall–Kier alpha value is -3.42. The second kappa shape index (κ2) is 8.30. The van der Waals surface area contributed by atoms with Gasteiger partial charge in [-0.25, -0.2) is 9.48 Å². The average Bonchev–Trinajstić information content (AvgIpc) is 3.52. The Morgan fingerprint density at radius 3 is 2.79 bits per heavy atom. The van der Waals surface area contributed by atoms with Crippen LogP contribution in [0.3, 0.4) is 0 Å². The van der Waals surface area contributed by atoms with Crippen LogP contribution in [0.25, 0.3) is 11.4 Å². The molecule has 4 rings (SSSR count). The third-order valence-electron chi connectivity index (χ3n) is 4.80. The van der Waals surface area contributed by atoms with E-state index >= 15 is 0 Å². The van der Waals surface area contributed by atoms with Crippen LogP contribution in [-0.2, 0) is 11.3 Å². The molecule has 1 fully saturated rings. The summed E-state index contributed by atoms with van der Waals surface area (Å²) in [7, 11) is 0. The zero-order valence-electron chi connectivity index (χ0n) is 16.2. The van der Waals surface area contributed by atoms with Gasteiger partial charge in [-0.3, -0.25) is 14.3 Å². The first-order chi connectivity index (χ1) is 14.1. The van der Waals surface area contributed by atoms with Gasteiger partial charge in [-0.1, -0.05) is 18.2 Å². The molecule has 0 atom stereocenters. The smallest absolute Gasteiger partial charge is 0.346 e. The Kier molecular flexibility index (Phi) is 5.41. The van der Waals surface area contributed by atoms with Gasteiger partial charge in [0.1, 0.15) is 5.75 Å². The van der Waals surface area contributed by atoms with Crippen molar-refractivity contribution in [2.75, 3.05) is 13.2 Å². The van der Waals surface area contributed by atoms with E-state index in [4.69, 9.17) is 4.74 Å². The number of pyridine rings is 1. The van der Waals surface area contributed by atoms with E-state index < -0.39 is 0 Å². The van der Waals surface area contributed by atoms with Crippen molar-refractivity contribution in [2.24, 2.45) is 0 Å². The summed E-state index contributed by atoms with van der Waals surface area (Å²) in [4.78, 5) is 29.0. The number of amides is 1. The van der Waals surface area contributed by atoms with Crippen molar-refractivity contribution in [1.82, 2.24) is 24.6 Å². The third-order valence-corrected chi connectivity index (χ3v) is 4.80. The minimum Gasteiger partial charge on any atom is -0.484 e. The largest absolute Gasteiger partial charge is 0.484 e. The summed E-state index contributed by atoms with van der Waals surface area (Å²) in [6, 6.07) is 11.4. The Bertz CT molecular complexity index is 1050. The van der Waals surface area contributed by atoms with E-state index in [0.29, 0.717) is 24.7 Å². The topological polar surface area (TPSA) is 91.0 Å². The van der Waals surface area contributed by atoms with Gasteiger partial charge in [0.2, 0.25) is 0 Å². The van der Waals surface area contributed by atoms with Gasteiger partial charge in [0.05, 0.1) is 6.54 Å². The molecule has 0 unspecified atom stereocenters. The Morgan fingerprint density at radius 1 is 1.24 bits per heavy atom. The maximum atomic E-state index is 12.8. The lowest BCUT2D eigenvalue weighted by molar-refractivity contribution is -0.123. The second-order valence-corrected chi connectivity index (χ2v) is 7.08. The number of aromatic nitrogens is 4. The lowest BCUT2D eigenvalue weighted by Crippen LogP contribution is -2.34. The van der Waals surface area contributed by atoms with E-state index in [9.17, 15) is 9.59 Å². The van der Waals surface area contributed by atoms with Gasteiger partial charge in [-0.05, 0) is 43.5 Å². The van der Waals surface area contributed by atoms with Crippen LogP contribution < -0.4 is 15.7 Å². The van der Waals surface area contributed by atoms with Crippen LogP contribution in [-0.4, -0.2) is 38.4 Å². The number of hydrogen-bond donors (Lipinski definition) is 1. The SMILES string of the molecule is Cc1ccccc1OCC(=O)NCCn1nc(-c2cccnc2)n(C2CC2)c1=O. The van der Waals surface area contributed by atoms with E-state index in [1.54, 1.807) is 17.0 Å². The summed E-state index contributed by atoms with van der Waals surface area (Å²) >= 11 is 0. The van der Waals surface area contributed by atoms with Crippen molar-refractivity contribution < 1.29 is 9.53 Å². The molecule has 3 aromatic rings. The van der Waals surface area contributed by atoms with Crippen molar-refractivity contribution in [1.29, 1.82) is 0 Å². The minimum atomic E-state index is -0.240. The highest BCUT2D eigenvalue weighted by molar-refractivity contribution is 5.77. The van der Waals surface area contributed by atoms with Gasteiger partial charge in [0.15, 0.2) is 12.4 Å². The lowest BCUT2D eigenvalue weighted by Gasteiger charge is -2.09. The second-order valence-electron chi connectivity index (χ2n) is 7.08. The minimum absolute atomic E-state index is 0.0722. The summed E-state index contributed by atoms with van der Waals surface area (Å²) in [5.74, 6) is 1.07. The van der Waals surface area contributed by atoms with Gasteiger partial charge >= 0.3 is 5.69 Å². The Labute approximate surface area is 168 Å². The van der Waals surface area contributed by atoms with Crippen LogP contribution in [0, 0.1) is 6.92 Å². The number of rotatable bonds is 8. The predicted octanol–water partition coefficient (Wildman–Crippen LogP) is 1.95. The molecule has 0 radical (unpaired) electrons. The standard InChI is InChI=1S/C21H23N5O3/c1-15-5-2-3-7-18(15)29-14-19(27)23-11-12-25-21(28)26(17-8-9-17)20(24-25)16-6-4-10-22-13-16/h2-7,10,13,17H,8-9,11-12,14H2,1H3,(H,23,27). The number of para-hydroxylation sites is 1. The van der Waals surface area contributed by atoms with Crippen LogP contribution in [0.5, 0.6) is 5.75 Å². The summed E-state index contributed by atoms with van der Waals surface area (Å²) in [5, 5.41) is 7.26. The fourth-order valence-electron chi connectivity index (χ4n) is 3.13. The van der Waals surface area contributed by atoms with Crippen molar-refractivity contribution in [3.63, 3.8) is 0 Å². The van der Waals surface area contributed by atoms with Gasteiger partial charge in [0.25, 0.3) is 5.91 Å². The number of hydrogen-bond acceptors (Lipinski definition) is 5. The summed E-state index contributed by atoms with van der Waals surface area (Å²) in [6.45, 7) is 2.44. The van der Waals surface area contributed by atoms with Gasteiger partial charge < -0.3 is 10.1 Å². The molecule has 8 heteroatoms. The molecule has 1 aliphatic rings. The van der Waals surface area contributed by atoms with Gasteiger partial charge in [0, 0.05) is 30.5 Å². The first-order valence-electron chi connectivity index (χ1n) is 9.68. The van der Waals surface area contributed by atoms with Gasteiger partial charge in [-0.15, -0.1) is 5.10 Å². The molecule has 0 saturated heterocycles. The highest BCUT2D eigenvalue weighted by Gasteiger charge is 2.30. The molecule has 1 aromatic carbocycles. The molecule has 1 amide bonds. The Balaban J connectivity index is 1.37. The molecule has 0 aliphatic heterocycles. The zero-order chi connectivity index (χ0) is 20.2. The number of carbonyl (C=O) groups is 1. The van der Waals surface area contributed by atoms with Crippen LogP contribution >= 0.6 is 0 Å². The number of aryl methyl sites for hydroxylation is 1. The van der Waals surface area contributed by atoms with E-state index in [1.165, 1.54) is 4.68 Å². The molecule has 2 heterocycles. The molecular weight excluding hydrogens is 370 g/mol. The zero-order valence-corrected chi connectivity index (χ0v) is 16.2. The molecule has 8 nitrogen and oxygen atoms in total. The molecule has 0 bridgehead atoms. The van der Waals surface area contributed by atoms with E-state index in [-0.39, 0.29) is 24.2 Å². The van der Waals surface area contributed by atoms with Crippen molar-refractivity contribution in [3.05, 3.63) is 64.8 Å². The first kappa shape index (κ1) is 18.9. The number of ether oxygens (including phenoxy) is 1. The number of carbonyl (C=O) groups excluding carboxylic acids is 1. The molecule has 1 saturated carbocycles. The predicted molar refractivity (Wildman–Crippen MR) is 108 cm³/mol. The van der Waals surface area contributed by atoms with E-state index in [1.807, 2.05) is 43.3 Å². The number of benzene rings is 1. The van der Waals surface area contributed by atoms with Crippen LogP contribution in [0.15, 0.2) is 53.6 Å². The van der Waals surface area contributed by atoms with Crippen LogP contribution in [0.4, 0.5) is 0 Å². The summed E-state index contributed by atoms with van der Waals surface area (Å²) in [6.07, 6.45) is 5.35. The van der Waals surface area contributed by atoms with E-state index in [2.05, 4.69) is 15.4 Å². The summed E-state index contributed by atoms with van der Waals surface area (Å²) < 4.78 is 8.68. The van der Waals surface area contributed by atoms with Gasteiger partial charge in [-0.2, -0.15) is 0 Å². The normalized spacial score (nSPS) is 13.3. The summed E-state index contributed by atoms with van der Waals surface area (Å²) in [5.41, 5.74) is 1.63. The molecule has 29 heavy (non-hydrogen) atoms. The van der Waals surface area contributed by atoms with Crippen molar-refractivity contribution in [2.45, 2.75) is 32.4 Å². The maximum Gasteiger partial charge on any atom is 0.346 e. The lowest BCUT2D eigenvalue weighted by atomic mass is 10.2. The first-order valence-corrected chi connectivity index (χ1v) is 9.68. The average molecular weight is 393 g/mol. The molecule has 0 spiro atoms. The fourth-order valence-corrected chi connectivity index (χ4v) is 3.13. The van der Waals surface area contributed by atoms with Crippen molar-refractivity contribution >= 4 is 5.91 Å². The monoisotopic (exact) mass is 393 g/mol. The maximum absolute atomic E-state index is 12.8. The van der Waals surface area contributed by atoms with E-state index in [0.717, 1.165) is 24.0 Å². The molecule has 150 valence electrons. The van der Waals surface area contributed by atoms with Crippen molar-refractivity contribution in [3.8, 4) is 17.1 Å². The molecular formula is C21H23N5O3. The Morgan fingerprint density at radius 2 is 2.07 bits per heavy atom. The van der Waals surface area contributed by atoms with Crippen LogP contribution in [0.2, 0.25) is 0 Å². The highest BCUT2D eigenvalue weighted by Crippen LogP contribution is 2.36. The molecule has 1 N–H and O–H groups in total. The number of nitrogens with zero attached hydrogens (tertiary/aromatic N) is 4. The fraction of sp³-hybridized carbons (Fsp3) is 0.333. The third kappa shape index (κ3) is 4.37. The van der Waals surface area contributed by atoms with Crippen LogP contribution in [0.1, 0.15) is 24.4 Å². The highest BCUT2D eigenvalue weighted by atomic mass is 16.5. The molecule has 1 aliphatic carbocycles.